The van der Waals surface area contributed by atoms with E-state index in [2.05, 4.69) is 70.3 Å². The number of aryl methyl sites for hydroxylation is 1. The van der Waals surface area contributed by atoms with Crippen LogP contribution in [0.5, 0.6) is 0 Å². The molecule has 0 aliphatic heterocycles. The number of furan rings is 1. The summed E-state index contributed by atoms with van der Waals surface area (Å²) in [5, 5.41) is 15.6. The summed E-state index contributed by atoms with van der Waals surface area (Å²) in [6.07, 6.45) is 5.43. The Morgan fingerprint density at radius 2 is 1.40 bits per heavy atom. The Hall–Kier alpha value is -5.93. The summed E-state index contributed by atoms with van der Waals surface area (Å²) in [4.78, 5) is 18.1. The standard InChI is InChI=1S/C43H35BrN6O2/c1-2-3-23-39-45-27-34(29-51)49(39)28-30-24-25-38-37(26-30)40(44)41(52-38)35-21-13-14-22-36(35)42-46-48-50(47-42)43(31-15-7-4-8-16-31,32-17-9-5-10-18-32)33-19-11-6-12-20-33/h4-22,24-27,29H,2-3,23,28H2,1H3. The maximum Gasteiger partial charge on any atom is 0.205 e. The molecule has 0 saturated heterocycles. The highest BCUT2D eigenvalue weighted by Crippen LogP contribution is 2.43. The Labute approximate surface area is 309 Å². The van der Waals surface area contributed by atoms with Gasteiger partial charge in [-0.05, 0) is 62.0 Å². The number of tetrazole rings is 1. The van der Waals surface area contributed by atoms with Crippen LogP contribution in [0.3, 0.4) is 0 Å². The van der Waals surface area contributed by atoms with Crippen LogP contribution in [-0.4, -0.2) is 36.0 Å². The SMILES string of the molecule is CCCCc1ncc(C=O)n1Cc1ccc2oc(-c3ccccc3-c3nnn(C(c4ccccc4)(c4ccccc4)c4ccccc4)n3)c(Br)c2c1. The number of aldehydes is 1. The van der Waals surface area contributed by atoms with Gasteiger partial charge in [-0.25, -0.2) is 4.98 Å². The normalized spacial score (nSPS) is 11.7. The summed E-state index contributed by atoms with van der Waals surface area (Å²) in [6.45, 7) is 2.69. The minimum Gasteiger partial charge on any atom is -0.455 e. The number of hydrogen-bond acceptors (Lipinski definition) is 6. The Bertz CT molecular complexity index is 2370. The average molecular weight is 748 g/mol. The smallest absolute Gasteiger partial charge is 0.205 e. The topological polar surface area (TPSA) is 91.6 Å². The van der Waals surface area contributed by atoms with Crippen LogP contribution in [0.15, 0.2) is 149 Å². The van der Waals surface area contributed by atoms with Crippen molar-refractivity contribution >= 4 is 33.2 Å². The van der Waals surface area contributed by atoms with Gasteiger partial charge in [0.15, 0.2) is 11.8 Å². The van der Waals surface area contributed by atoms with Gasteiger partial charge in [-0.15, -0.1) is 15.0 Å². The number of fused-ring (bicyclic) bond motifs is 1. The van der Waals surface area contributed by atoms with Crippen LogP contribution in [0.25, 0.3) is 33.7 Å². The molecule has 5 aromatic carbocycles. The molecule has 3 heterocycles. The van der Waals surface area contributed by atoms with E-state index >= 15 is 0 Å². The van der Waals surface area contributed by atoms with Crippen molar-refractivity contribution < 1.29 is 9.21 Å². The molecule has 0 spiro atoms. The van der Waals surface area contributed by atoms with Gasteiger partial charge in [-0.1, -0.05) is 135 Å². The van der Waals surface area contributed by atoms with Gasteiger partial charge in [-0.2, -0.15) is 0 Å². The number of nitrogens with zero attached hydrogens (tertiary/aromatic N) is 6. The first kappa shape index (κ1) is 33.2. The molecule has 0 aliphatic carbocycles. The molecule has 9 heteroatoms. The van der Waals surface area contributed by atoms with Crippen molar-refractivity contribution in [2.45, 2.75) is 38.3 Å². The number of carbonyl (C=O) groups excluding carboxylic acids is 1. The molecule has 0 N–H and O–H groups in total. The zero-order chi connectivity index (χ0) is 35.5. The highest BCUT2D eigenvalue weighted by Gasteiger charge is 2.41. The van der Waals surface area contributed by atoms with Crippen molar-refractivity contribution in [3.63, 3.8) is 0 Å². The van der Waals surface area contributed by atoms with Crippen molar-refractivity contribution in [1.29, 1.82) is 0 Å². The number of unbranched alkanes of at least 4 members (excludes halogenated alkanes) is 1. The lowest BCUT2D eigenvalue weighted by Crippen LogP contribution is -2.39. The number of carbonyl (C=O) groups is 1. The maximum absolute atomic E-state index is 11.9. The Kier molecular flexibility index (Phi) is 9.18. The molecule has 0 saturated carbocycles. The number of rotatable bonds is 12. The molecule has 0 amide bonds. The monoisotopic (exact) mass is 746 g/mol. The van der Waals surface area contributed by atoms with Crippen molar-refractivity contribution in [2.75, 3.05) is 0 Å². The van der Waals surface area contributed by atoms with Crippen LogP contribution in [0, 0.1) is 0 Å². The predicted octanol–water partition coefficient (Wildman–Crippen LogP) is 9.76. The molecule has 0 aliphatic rings. The van der Waals surface area contributed by atoms with E-state index in [1.165, 1.54) is 0 Å². The van der Waals surface area contributed by atoms with Crippen LogP contribution >= 0.6 is 15.9 Å². The van der Waals surface area contributed by atoms with Crippen LogP contribution in [-0.2, 0) is 18.5 Å². The Morgan fingerprint density at radius 3 is 2.02 bits per heavy atom. The molecule has 0 atom stereocenters. The van der Waals surface area contributed by atoms with Crippen molar-refractivity contribution in [1.82, 2.24) is 29.8 Å². The van der Waals surface area contributed by atoms with Gasteiger partial charge in [0, 0.05) is 29.5 Å². The first-order chi connectivity index (χ1) is 25.6. The van der Waals surface area contributed by atoms with Crippen LogP contribution < -0.4 is 0 Å². The van der Waals surface area contributed by atoms with Gasteiger partial charge in [0.1, 0.15) is 22.9 Å². The van der Waals surface area contributed by atoms with E-state index in [4.69, 9.17) is 19.8 Å². The van der Waals surface area contributed by atoms with Gasteiger partial charge >= 0.3 is 0 Å². The van der Waals surface area contributed by atoms with E-state index in [0.29, 0.717) is 23.8 Å². The molecular formula is C43H35BrN6O2. The number of aromatic nitrogens is 6. The highest BCUT2D eigenvalue weighted by atomic mass is 79.9. The second-order valence-electron chi connectivity index (χ2n) is 12.7. The van der Waals surface area contributed by atoms with E-state index in [9.17, 15) is 4.79 Å². The van der Waals surface area contributed by atoms with Crippen LogP contribution in [0.4, 0.5) is 0 Å². The fourth-order valence-electron chi connectivity index (χ4n) is 7.03. The zero-order valence-corrected chi connectivity index (χ0v) is 30.1. The van der Waals surface area contributed by atoms with E-state index in [1.807, 2.05) is 95.6 Å². The number of halogens is 1. The van der Waals surface area contributed by atoms with Gasteiger partial charge < -0.3 is 8.98 Å². The largest absolute Gasteiger partial charge is 0.455 e. The Balaban J connectivity index is 1.22. The summed E-state index contributed by atoms with van der Waals surface area (Å²) in [6, 6.07) is 45.0. The summed E-state index contributed by atoms with van der Waals surface area (Å²) in [5.74, 6) is 2.05. The first-order valence-corrected chi connectivity index (χ1v) is 18.2. The van der Waals surface area contributed by atoms with E-state index < -0.39 is 5.54 Å². The molecular weight excluding hydrogens is 712 g/mol. The van der Waals surface area contributed by atoms with Gasteiger partial charge in [0.2, 0.25) is 5.82 Å². The van der Waals surface area contributed by atoms with Gasteiger partial charge in [-0.3, -0.25) is 4.79 Å². The van der Waals surface area contributed by atoms with Crippen LogP contribution in [0.1, 0.15) is 58.3 Å². The fraction of sp³-hybridized carbons (Fsp3) is 0.140. The number of benzene rings is 5. The lowest BCUT2D eigenvalue weighted by atomic mass is 9.77. The maximum atomic E-state index is 11.9. The summed E-state index contributed by atoms with van der Waals surface area (Å²) >= 11 is 3.88. The van der Waals surface area contributed by atoms with Crippen molar-refractivity contribution in [3.05, 3.63) is 178 Å². The molecule has 52 heavy (non-hydrogen) atoms. The highest BCUT2D eigenvalue weighted by molar-refractivity contribution is 9.10. The molecule has 0 fully saturated rings. The Morgan fingerprint density at radius 1 is 0.788 bits per heavy atom. The third-order valence-corrected chi connectivity index (χ3v) is 10.4. The first-order valence-electron chi connectivity index (χ1n) is 17.4. The fourth-order valence-corrected chi connectivity index (χ4v) is 7.64. The lowest BCUT2D eigenvalue weighted by molar-refractivity contribution is 0.111. The minimum absolute atomic E-state index is 0.469. The van der Waals surface area contributed by atoms with E-state index in [1.54, 1.807) is 11.0 Å². The van der Waals surface area contributed by atoms with Gasteiger partial charge in [0.25, 0.3) is 0 Å². The predicted molar refractivity (Wildman–Crippen MR) is 206 cm³/mol. The summed E-state index contributed by atoms with van der Waals surface area (Å²) in [7, 11) is 0. The second-order valence-corrected chi connectivity index (χ2v) is 13.5. The zero-order valence-electron chi connectivity index (χ0n) is 28.6. The van der Waals surface area contributed by atoms with E-state index in [-0.39, 0.29) is 0 Å². The third kappa shape index (κ3) is 5.86. The quantitative estimate of drug-likeness (QED) is 0.0913. The molecule has 8 aromatic rings. The van der Waals surface area contributed by atoms with Crippen LogP contribution in [0.2, 0.25) is 0 Å². The molecule has 3 aromatic heterocycles. The summed E-state index contributed by atoms with van der Waals surface area (Å²) < 4.78 is 9.36. The average Bonchev–Trinajstić information content (AvgIpc) is 3.93. The lowest BCUT2D eigenvalue weighted by Gasteiger charge is -2.34. The molecule has 0 unspecified atom stereocenters. The summed E-state index contributed by atoms with van der Waals surface area (Å²) in [5.41, 5.74) is 6.09. The molecule has 8 rings (SSSR count). The molecule has 8 nitrogen and oxygen atoms in total. The number of imidazole rings is 1. The van der Waals surface area contributed by atoms with Gasteiger partial charge in [0.05, 0.1) is 10.7 Å². The molecule has 0 bridgehead atoms. The van der Waals surface area contributed by atoms with E-state index in [0.717, 1.165) is 80.2 Å². The molecule has 0 radical (unpaired) electrons. The van der Waals surface area contributed by atoms with Crippen molar-refractivity contribution in [2.24, 2.45) is 0 Å². The molecule has 256 valence electrons. The second kappa shape index (κ2) is 14.4. The third-order valence-electron chi connectivity index (χ3n) is 9.58. The number of hydrogen-bond donors (Lipinski definition) is 0. The van der Waals surface area contributed by atoms with Crippen molar-refractivity contribution in [3.8, 4) is 22.7 Å². The minimum atomic E-state index is -0.893.